The summed E-state index contributed by atoms with van der Waals surface area (Å²) in [5.41, 5.74) is 5.46. The molecule has 2 N–H and O–H groups in total. The van der Waals surface area contributed by atoms with E-state index in [1.807, 2.05) is 19.1 Å². The highest BCUT2D eigenvalue weighted by Gasteiger charge is 2.11. The lowest BCUT2D eigenvalue weighted by Gasteiger charge is -2.12. The van der Waals surface area contributed by atoms with Crippen LogP contribution >= 0.6 is 11.3 Å². The van der Waals surface area contributed by atoms with Gasteiger partial charge < -0.3 is 10.6 Å². The van der Waals surface area contributed by atoms with Gasteiger partial charge >= 0.3 is 0 Å². The molecule has 1 aromatic rings. The van der Waals surface area contributed by atoms with Gasteiger partial charge in [-0.05, 0) is 19.1 Å². The monoisotopic (exact) mass is 198 g/mol. The summed E-state index contributed by atoms with van der Waals surface area (Å²) in [6.07, 6.45) is 0. The molecular formula is C9H14N2OS. The van der Waals surface area contributed by atoms with Crippen LogP contribution in [0.25, 0.3) is 0 Å². The fourth-order valence-electron chi connectivity index (χ4n) is 0.934. The topological polar surface area (TPSA) is 46.3 Å². The minimum Gasteiger partial charge on any atom is -0.341 e. The van der Waals surface area contributed by atoms with Gasteiger partial charge in [0.2, 0.25) is 0 Å². The van der Waals surface area contributed by atoms with Gasteiger partial charge in [0.1, 0.15) is 0 Å². The number of hydrogen-bond acceptors (Lipinski definition) is 3. The molecule has 0 bridgehead atoms. The lowest BCUT2D eigenvalue weighted by Crippen LogP contribution is -2.25. The quantitative estimate of drug-likeness (QED) is 0.795. The smallest absolute Gasteiger partial charge is 0.263 e. The Kier molecular flexibility index (Phi) is 3.45. The average Bonchev–Trinajstić information content (AvgIpc) is 2.63. The van der Waals surface area contributed by atoms with Crippen molar-refractivity contribution in [3.63, 3.8) is 0 Å². The highest BCUT2D eigenvalue weighted by atomic mass is 32.1. The Morgan fingerprint density at radius 3 is 2.77 bits per heavy atom. The summed E-state index contributed by atoms with van der Waals surface area (Å²) < 4.78 is 0. The molecule has 0 aromatic carbocycles. The van der Waals surface area contributed by atoms with Crippen molar-refractivity contribution in [2.24, 2.45) is 5.73 Å². The van der Waals surface area contributed by atoms with Gasteiger partial charge in [-0.3, -0.25) is 4.79 Å². The van der Waals surface area contributed by atoms with Gasteiger partial charge in [-0.1, -0.05) is 0 Å². The van der Waals surface area contributed by atoms with E-state index in [-0.39, 0.29) is 5.91 Å². The van der Waals surface area contributed by atoms with E-state index in [1.165, 1.54) is 11.3 Å². The van der Waals surface area contributed by atoms with Crippen molar-refractivity contribution in [2.75, 3.05) is 13.6 Å². The first-order valence-corrected chi connectivity index (χ1v) is 5.05. The van der Waals surface area contributed by atoms with Crippen LogP contribution in [0.1, 0.15) is 21.5 Å². The average molecular weight is 198 g/mol. The number of nitrogens with two attached hydrogens (primary N) is 1. The van der Waals surface area contributed by atoms with Crippen molar-refractivity contribution in [3.05, 3.63) is 21.9 Å². The fourth-order valence-corrected chi connectivity index (χ4v) is 1.82. The molecule has 0 saturated heterocycles. The summed E-state index contributed by atoms with van der Waals surface area (Å²) in [6, 6.07) is 3.74. The first-order valence-electron chi connectivity index (χ1n) is 4.23. The third kappa shape index (κ3) is 2.29. The lowest BCUT2D eigenvalue weighted by molar-refractivity contribution is 0.0807. The summed E-state index contributed by atoms with van der Waals surface area (Å²) in [7, 11) is 1.80. The van der Waals surface area contributed by atoms with Gasteiger partial charge in [-0.25, -0.2) is 0 Å². The van der Waals surface area contributed by atoms with E-state index in [4.69, 9.17) is 5.73 Å². The Bertz CT molecular complexity index is 296. The van der Waals surface area contributed by atoms with Crippen LogP contribution in [0.15, 0.2) is 12.1 Å². The second-order valence-corrected chi connectivity index (χ2v) is 3.96. The van der Waals surface area contributed by atoms with Gasteiger partial charge in [0.15, 0.2) is 0 Å². The van der Waals surface area contributed by atoms with Crippen molar-refractivity contribution in [3.8, 4) is 0 Å². The van der Waals surface area contributed by atoms with E-state index in [1.54, 1.807) is 11.9 Å². The summed E-state index contributed by atoms with van der Waals surface area (Å²) in [6.45, 7) is 3.19. The first-order chi connectivity index (χ1) is 6.19. The Hall–Kier alpha value is -0.870. The van der Waals surface area contributed by atoms with E-state index < -0.39 is 0 Å². The van der Waals surface area contributed by atoms with Crippen LogP contribution < -0.4 is 5.73 Å². The maximum atomic E-state index is 11.6. The Balaban J connectivity index is 2.77. The summed E-state index contributed by atoms with van der Waals surface area (Å²) >= 11 is 1.47. The SMILES string of the molecule is CCN(C)C(=O)c1ccc(CN)s1. The van der Waals surface area contributed by atoms with Crippen molar-refractivity contribution in [1.82, 2.24) is 4.90 Å². The molecule has 1 amide bonds. The van der Waals surface area contributed by atoms with Crippen molar-refractivity contribution in [1.29, 1.82) is 0 Å². The van der Waals surface area contributed by atoms with Crippen LogP contribution in [0.5, 0.6) is 0 Å². The van der Waals surface area contributed by atoms with E-state index in [0.717, 1.165) is 16.3 Å². The minimum atomic E-state index is 0.0761. The molecule has 3 nitrogen and oxygen atoms in total. The van der Waals surface area contributed by atoms with E-state index in [2.05, 4.69) is 0 Å². The van der Waals surface area contributed by atoms with E-state index in [0.29, 0.717) is 6.54 Å². The number of carbonyl (C=O) groups excluding carboxylic acids is 1. The predicted octanol–water partition coefficient (Wildman–Crippen LogP) is 1.30. The van der Waals surface area contributed by atoms with Gasteiger partial charge in [0.05, 0.1) is 4.88 Å². The predicted molar refractivity (Wildman–Crippen MR) is 54.8 cm³/mol. The summed E-state index contributed by atoms with van der Waals surface area (Å²) in [5, 5.41) is 0. The van der Waals surface area contributed by atoms with Crippen LogP contribution in [0, 0.1) is 0 Å². The molecule has 0 radical (unpaired) electrons. The third-order valence-electron chi connectivity index (χ3n) is 1.89. The molecule has 1 heterocycles. The maximum Gasteiger partial charge on any atom is 0.263 e. The molecule has 1 rings (SSSR count). The zero-order valence-electron chi connectivity index (χ0n) is 7.91. The van der Waals surface area contributed by atoms with Crippen LogP contribution in [0.3, 0.4) is 0 Å². The molecule has 0 saturated carbocycles. The Labute approximate surface area is 82.2 Å². The van der Waals surface area contributed by atoms with Gasteiger partial charge in [-0.2, -0.15) is 0 Å². The number of nitrogens with zero attached hydrogens (tertiary/aromatic N) is 1. The molecule has 4 heteroatoms. The van der Waals surface area contributed by atoms with Crippen molar-refractivity contribution >= 4 is 17.2 Å². The van der Waals surface area contributed by atoms with Crippen LogP contribution in [-0.4, -0.2) is 24.4 Å². The maximum absolute atomic E-state index is 11.6. The zero-order valence-corrected chi connectivity index (χ0v) is 8.73. The molecule has 0 unspecified atom stereocenters. The molecule has 0 spiro atoms. The van der Waals surface area contributed by atoms with Crippen LogP contribution in [0.4, 0.5) is 0 Å². The summed E-state index contributed by atoms with van der Waals surface area (Å²) in [5.74, 6) is 0.0761. The Morgan fingerprint density at radius 1 is 1.62 bits per heavy atom. The molecule has 0 aliphatic heterocycles. The molecule has 1 aromatic heterocycles. The second-order valence-electron chi connectivity index (χ2n) is 2.79. The van der Waals surface area contributed by atoms with E-state index in [9.17, 15) is 4.79 Å². The second kappa shape index (κ2) is 4.39. The number of amides is 1. The van der Waals surface area contributed by atoms with Crippen LogP contribution in [-0.2, 0) is 6.54 Å². The molecule has 0 atom stereocenters. The minimum absolute atomic E-state index is 0.0761. The van der Waals surface area contributed by atoms with Crippen LogP contribution in [0.2, 0.25) is 0 Å². The first kappa shape index (κ1) is 10.2. The molecule has 13 heavy (non-hydrogen) atoms. The highest BCUT2D eigenvalue weighted by Crippen LogP contribution is 2.17. The molecule has 0 aliphatic rings. The van der Waals surface area contributed by atoms with Gasteiger partial charge in [-0.15, -0.1) is 11.3 Å². The number of rotatable bonds is 3. The molecule has 0 fully saturated rings. The van der Waals surface area contributed by atoms with E-state index >= 15 is 0 Å². The standard InChI is InChI=1S/C9H14N2OS/c1-3-11(2)9(12)8-5-4-7(6-10)13-8/h4-5H,3,6,10H2,1-2H3. The summed E-state index contributed by atoms with van der Waals surface area (Å²) in [4.78, 5) is 15.1. The van der Waals surface area contributed by atoms with Gasteiger partial charge in [0, 0.05) is 25.0 Å². The highest BCUT2D eigenvalue weighted by molar-refractivity contribution is 7.14. The normalized spacial score (nSPS) is 10.1. The zero-order chi connectivity index (χ0) is 9.84. The fraction of sp³-hybridized carbons (Fsp3) is 0.444. The van der Waals surface area contributed by atoms with Crippen molar-refractivity contribution in [2.45, 2.75) is 13.5 Å². The third-order valence-corrected chi connectivity index (χ3v) is 2.99. The Morgan fingerprint density at radius 2 is 2.31 bits per heavy atom. The lowest BCUT2D eigenvalue weighted by atomic mass is 10.4. The van der Waals surface area contributed by atoms with Gasteiger partial charge in [0.25, 0.3) is 5.91 Å². The molecule has 72 valence electrons. The molecule has 0 aliphatic carbocycles. The number of thiophene rings is 1. The number of carbonyl (C=O) groups is 1. The largest absolute Gasteiger partial charge is 0.341 e. The number of hydrogen-bond donors (Lipinski definition) is 1. The van der Waals surface area contributed by atoms with Crippen molar-refractivity contribution < 1.29 is 4.79 Å². The molecular weight excluding hydrogens is 184 g/mol.